The van der Waals surface area contributed by atoms with Crippen LogP contribution in [0.5, 0.6) is 5.75 Å². The second-order valence-corrected chi connectivity index (χ2v) is 8.69. The van der Waals surface area contributed by atoms with Crippen molar-refractivity contribution in [3.63, 3.8) is 0 Å². The first-order valence-electron chi connectivity index (χ1n) is 10.5. The third-order valence-corrected chi connectivity index (χ3v) is 6.83. The number of thioether (sulfide) groups is 1. The van der Waals surface area contributed by atoms with Crippen molar-refractivity contribution in [2.75, 3.05) is 12.9 Å². The van der Waals surface area contributed by atoms with E-state index in [1.807, 2.05) is 48.0 Å². The highest BCUT2D eigenvalue weighted by atomic mass is 32.2. The fraction of sp³-hybridized carbons (Fsp3) is 0.200. The molecule has 1 atom stereocenters. The number of rotatable bonds is 7. The second kappa shape index (κ2) is 8.68. The Bertz CT molecular complexity index is 1320. The highest BCUT2D eigenvalue weighted by molar-refractivity contribution is 7.99. The molecule has 2 heterocycles. The van der Waals surface area contributed by atoms with Crippen LogP contribution in [0.4, 0.5) is 0 Å². The summed E-state index contributed by atoms with van der Waals surface area (Å²) in [6, 6.07) is 24.4. The Hall–Kier alpha value is -3.29. The van der Waals surface area contributed by atoms with Gasteiger partial charge in [-0.25, -0.2) is 0 Å². The molecule has 1 N–H and O–H groups in total. The number of fused-ring (bicyclic) bond motifs is 3. The molecule has 0 aliphatic heterocycles. The Kier molecular flexibility index (Phi) is 5.59. The van der Waals surface area contributed by atoms with Gasteiger partial charge in [0.15, 0.2) is 11.0 Å². The van der Waals surface area contributed by atoms with Crippen molar-refractivity contribution in [1.29, 1.82) is 0 Å². The average Bonchev–Trinajstić information content (AvgIpc) is 3.36. The van der Waals surface area contributed by atoms with Gasteiger partial charge in [-0.15, -0.1) is 10.2 Å². The molecule has 2 aromatic heterocycles. The van der Waals surface area contributed by atoms with E-state index >= 15 is 0 Å². The number of aliphatic hydroxyl groups excluding tert-OH is 1. The van der Waals surface area contributed by atoms with Crippen LogP contribution in [0.3, 0.4) is 0 Å². The summed E-state index contributed by atoms with van der Waals surface area (Å²) in [6.07, 6.45) is -0.527. The van der Waals surface area contributed by atoms with Crippen molar-refractivity contribution in [1.82, 2.24) is 19.3 Å². The topological polar surface area (TPSA) is 65.1 Å². The highest BCUT2D eigenvalue weighted by Crippen LogP contribution is 2.30. The van der Waals surface area contributed by atoms with Crippen molar-refractivity contribution in [2.45, 2.75) is 17.8 Å². The molecule has 7 heteroatoms. The van der Waals surface area contributed by atoms with E-state index in [9.17, 15) is 5.11 Å². The lowest BCUT2D eigenvalue weighted by molar-refractivity contribution is 0.181. The summed E-state index contributed by atoms with van der Waals surface area (Å²) in [4.78, 5) is 0. The maximum absolute atomic E-state index is 10.9. The summed E-state index contributed by atoms with van der Waals surface area (Å²) in [5, 5.41) is 22.7. The van der Waals surface area contributed by atoms with Crippen LogP contribution in [0, 0.1) is 0 Å². The van der Waals surface area contributed by atoms with E-state index in [1.165, 1.54) is 22.5 Å². The zero-order valence-corrected chi connectivity index (χ0v) is 18.8. The first kappa shape index (κ1) is 20.6. The number of hydrogen-bond donors (Lipinski definition) is 1. The van der Waals surface area contributed by atoms with Crippen molar-refractivity contribution < 1.29 is 9.84 Å². The van der Waals surface area contributed by atoms with Gasteiger partial charge in [-0.2, -0.15) is 0 Å². The van der Waals surface area contributed by atoms with Gasteiger partial charge in [0.1, 0.15) is 5.75 Å². The van der Waals surface area contributed by atoms with E-state index < -0.39 is 6.10 Å². The fourth-order valence-electron chi connectivity index (χ4n) is 4.07. The number of methoxy groups -OCH3 is 1. The second-order valence-electron chi connectivity index (χ2n) is 7.70. The molecular weight excluding hydrogens is 420 g/mol. The molecular formula is C25H24N4O2S. The predicted octanol–water partition coefficient (Wildman–Crippen LogP) is 4.75. The number of ether oxygens (including phenoxy) is 1. The number of aromatic nitrogens is 4. The van der Waals surface area contributed by atoms with E-state index in [0.717, 1.165) is 33.3 Å². The minimum Gasteiger partial charge on any atom is -0.497 e. The highest BCUT2D eigenvalue weighted by Gasteiger charge is 2.16. The third-order valence-electron chi connectivity index (χ3n) is 5.66. The number of aliphatic hydroxyl groups is 1. The van der Waals surface area contributed by atoms with Crippen molar-refractivity contribution in [3.8, 4) is 17.1 Å². The molecule has 32 heavy (non-hydrogen) atoms. The molecule has 6 nitrogen and oxygen atoms in total. The maximum atomic E-state index is 10.9. The lowest BCUT2D eigenvalue weighted by Gasteiger charge is -2.13. The van der Waals surface area contributed by atoms with Gasteiger partial charge in [0.25, 0.3) is 0 Å². The van der Waals surface area contributed by atoms with Crippen molar-refractivity contribution >= 4 is 33.6 Å². The Morgan fingerprint density at radius 2 is 1.53 bits per heavy atom. The van der Waals surface area contributed by atoms with E-state index in [4.69, 9.17) is 4.74 Å². The van der Waals surface area contributed by atoms with Crippen molar-refractivity contribution in [2.24, 2.45) is 7.05 Å². The van der Waals surface area contributed by atoms with Crippen LogP contribution in [0.25, 0.3) is 33.2 Å². The number of para-hydroxylation sites is 2. The molecule has 0 aliphatic rings. The van der Waals surface area contributed by atoms with Crippen LogP contribution >= 0.6 is 11.8 Å². The van der Waals surface area contributed by atoms with Gasteiger partial charge < -0.3 is 19.0 Å². The van der Waals surface area contributed by atoms with E-state index in [0.29, 0.717) is 12.3 Å². The Morgan fingerprint density at radius 1 is 0.906 bits per heavy atom. The molecule has 0 radical (unpaired) electrons. The summed E-state index contributed by atoms with van der Waals surface area (Å²) in [5.41, 5.74) is 3.25. The molecule has 0 fully saturated rings. The third kappa shape index (κ3) is 3.74. The monoisotopic (exact) mass is 444 g/mol. The fourth-order valence-corrected chi connectivity index (χ4v) is 4.89. The van der Waals surface area contributed by atoms with Gasteiger partial charge in [0, 0.05) is 40.2 Å². The smallest absolute Gasteiger partial charge is 0.191 e. The van der Waals surface area contributed by atoms with Gasteiger partial charge in [0.05, 0.1) is 19.8 Å². The standard InChI is InChI=1S/C25H24N4O2S/c1-28-24(17-11-13-19(31-2)14-12-17)26-27-25(28)32-16-18(30)15-29-22-9-5-3-7-20(22)21-8-4-6-10-23(21)29/h3-14,18,30H,15-16H2,1-2H3/t18-/m0/s1. The Morgan fingerprint density at radius 3 is 2.16 bits per heavy atom. The zero-order valence-electron chi connectivity index (χ0n) is 18.0. The summed E-state index contributed by atoms with van der Waals surface area (Å²) >= 11 is 1.51. The van der Waals surface area contributed by atoms with E-state index in [1.54, 1.807) is 7.11 Å². The van der Waals surface area contributed by atoms with Gasteiger partial charge in [-0.3, -0.25) is 0 Å². The molecule has 5 rings (SSSR count). The van der Waals surface area contributed by atoms with E-state index in [2.05, 4.69) is 51.2 Å². The van der Waals surface area contributed by atoms with Crippen molar-refractivity contribution in [3.05, 3.63) is 72.8 Å². The van der Waals surface area contributed by atoms with Crippen LogP contribution in [0.1, 0.15) is 0 Å². The van der Waals surface area contributed by atoms with Crippen LogP contribution in [0.15, 0.2) is 78.0 Å². The van der Waals surface area contributed by atoms with Crippen LogP contribution in [-0.2, 0) is 13.6 Å². The van der Waals surface area contributed by atoms with E-state index in [-0.39, 0.29) is 0 Å². The molecule has 3 aromatic carbocycles. The summed E-state index contributed by atoms with van der Waals surface area (Å²) < 4.78 is 9.39. The van der Waals surface area contributed by atoms with Gasteiger partial charge in [0.2, 0.25) is 0 Å². The zero-order chi connectivity index (χ0) is 22.1. The summed E-state index contributed by atoms with van der Waals surface area (Å²) in [5.74, 6) is 2.11. The maximum Gasteiger partial charge on any atom is 0.191 e. The molecule has 5 aromatic rings. The molecule has 0 amide bonds. The first-order chi connectivity index (χ1) is 15.7. The summed E-state index contributed by atoms with van der Waals surface area (Å²) in [6.45, 7) is 0.518. The molecule has 162 valence electrons. The Labute approximate surface area is 190 Å². The average molecular weight is 445 g/mol. The number of benzene rings is 3. The molecule has 0 saturated heterocycles. The number of hydrogen-bond acceptors (Lipinski definition) is 5. The van der Waals surface area contributed by atoms with Crippen LogP contribution in [-0.4, -0.2) is 43.4 Å². The summed E-state index contributed by atoms with van der Waals surface area (Å²) in [7, 11) is 3.60. The Balaban J connectivity index is 1.33. The molecule has 0 bridgehead atoms. The SMILES string of the molecule is COc1ccc(-c2nnc(SC[C@@H](O)Cn3c4ccccc4c4ccccc43)n2C)cc1. The lowest BCUT2D eigenvalue weighted by atomic mass is 10.2. The number of nitrogens with zero attached hydrogens (tertiary/aromatic N) is 4. The first-order valence-corrected chi connectivity index (χ1v) is 11.4. The van der Waals surface area contributed by atoms with Gasteiger partial charge >= 0.3 is 0 Å². The minimum atomic E-state index is -0.527. The predicted molar refractivity (Wildman–Crippen MR) is 129 cm³/mol. The molecule has 0 unspecified atom stereocenters. The molecule has 0 aliphatic carbocycles. The molecule has 0 spiro atoms. The van der Waals surface area contributed by atoms with Crippen LogP contribution < -0.4 is 4.74 Å². The van der Waals surface area contributed by atoms with Crippen LogP contribution in [0.2, 0.25) is 0 Å². The normalized spacial score (nSPS) is 12.5. The largest absolute Gasteiger partial charge is 0.497 e. The molecule has 0 saturated carbocycles. The van der Waals surface area contributed by atoms with Gasteiger partial charge in [-0.1, -0.05) is 48.2 Å². The lowest BCUT2D eigenvalue weighted by Crippen LogP contribution is -2.18. The van der Waals surface area contributed by atoms with Gasteiger partial charge in [-0.05, 0) is 36.4 Å². The minimum absolute atomic E-state index is 0.518. The quantitative estimate of drug-likeness (QED) is 0.367.